The minimum absolute atomic E-state index is 0.183. The fourth-order valence-corrected chi connectivity index (χ4v) is 1.47. The Morgan fingerprint density at radius 2 is 2.15 bits per heavy atom. The van der Waals surface area contributed by atoms with Crippen molar-refractivity contribution in [3.8, 4) is 0 Å². The minimum atomic E-state index is -0.744. The summed E-state index contributed by atoms with van der Waals surface area (Å²) in [6, 6.07) is 3.47. The van der Waals surface area contributed by atoms with E-state index in [1.165, 1.54) is 19.1 Å². The molecule has 1 aromatic rings. The van der Waals surface area contributed by atoms with Gasteiger partial charge in [0.1, 0.15) is 5.82 Å². The highest BCUT2D eigenvalue weighted by molar-refractivity contribution is 9.10. The summed E-state index contributed by atoms with van der Waals surface area (Å²) >= 11 is 3.12. The molecule has 4 heteroatoms. The van der Waals surface area contributed by atoms with Crippen molar-refractivity contribution in [3.63, 3.8) is 0 Å². The molecule has 0 aliphatic rings. The second-order valence-corrected chi connectivity index (χ2v) is 3.71. The van der Waals surface area contributed by atoms with Gasteiger partial charge in [-0.15, -0.1) is 0 Å². The summed E-state index contributed by atoms with van der Waals surface area (Å²) in [4.78, 5) is 10.9. The first-order valence-corrected chi connectivity index (χ1v) is 4.52. The highest BCUT2D eigenvalue weighted by atomic mass is 79.9. The Morgan fingerprint density at radius 3 is 2.62 bits per heavy atom. The van der Waals surface area contributed by atoms with Crippen LogP contribution in [0.25, 0.3) is 0 Å². The van der Waals surface area contributed by atoms with Gasteiger partial charge in [-0.25, -0.2) is 4.39 Å². The standard InChI is InChI=1S/C9H9BrFNO/c1-5(13)9(12)6-2-7(10)4-8(11)3-6/h2-4,9H,12H2,1H3. The van der Waals surface area contributed by atoms with Gasteiger partial charge in [-0.3, -0.25) is 4.79 Å². The summed E-state index contributed by atoms with van der Waals surface area (Å²) in [6.07, 6.45) is 0. The molecule has 0 saturated heterocycles. The van der Waals surface area contributed by atoms with E-state index in [4.69, 9.17) is 5.73 Å². The monoisotopic (exact) mass is 245 g/mol. The van der Waals surface area contributed by atoms with Crippen LogP contribution < -0.4 is 5.73 Å². The van der Waals surface area contributed by atoms with Gasteiger partial charge in [-0.2, -0.15) is 0 Å². The molecule has 0 bridgehead atoms. The molecule has 0 fully saturated rings. The van der Waals surface area contributed by atoms with Crippen LogP contribution in [0.15, 0.2) is 22.7 Å². The molecule has 0 amide bonds. The van der Waals surface area contributed by atoms with Crippen LogP contribution in [0.3, 0.4) is 0 Å². The van der Waals surface area contributed by atoms with Crippen LogP contribution in [-0.2, 0) is 4.79 Å². The third-order valence-corrected chi connectivity index (χ3v) is 2.14. The predicted molar refractivity (Wildman–Crippen MR) is 51.7 cm³/mol. The molecule has 0 aliphatic heterocycles. The summed E-state index contributed by atoms with van der Waals surface area (Å²) in [7, 11) is 0. The van der Waals surface area contributed by atoms with Gasteiger partial charge in [-0.1, -0.05) is 15.9 Å². The van der Waals surface area contributed by atoms with Gasteiger partial charge < -0.3 is 5.73 Å². The fraction of sp³-hybridized carbons (Fsp3) is 0.222. The third-order valence-electron chi connectivity index (χ3n) is 1.68. The summed E-state index contributed by atoms with van der Waals surface area (Å²) in [5.41, 5.74) is 6.02. The number of hydrogen-bond acceptors (Lipinski definition) is 2. The van der Waals surface area contributed by atoms with E-state index < -0.39 is 11.9 Å². The lowest BCUT2D eigenvalue weighted by atomic mass is 10.0. The Bertz CT molecular complexity index is 320. The molecule has 0 aliphatic carbocycles. The van der Waals surface area contributed by atoms with Crippen LogP contribution in [0.4, 0.5) is 4.39 Å². The number of hydrogen-bond donors (Lipinski definition) is 1. The Balaban J connectivity index is 3.07. The summed E-state index contributed by atoms with van der Waals surface area (Å²) in [5, 5.41) is 0. The number of nitrogens with two attached hydrogens (primary N) is 1. The van der Waals surface area contributed by atoms with E-state index in [0.29, 0.717) is 10.0 Å². The maximum atomic E-state index is 12.9. The van der Waals surface area contributed by atoms with Crippen LogP contribution in [0.2, 0.25) is 0 Å². The predicted octanol–water partition coefficient (Wildman–Crippen LogP) is 2.18. The van der Waals surface area contributed by atoms with Crippen molar-refractivity contribution >= 4 is 21.7 Å². The van der Waals surface area contributed by atoms with Crippen molar-refractivity contribution in [2.45, 2.75) is 13.0 Å². The van der Waals surface area contributed by atoms with Crippen LogP contribution in [0.1, 0.15) is 18.5 Å². The summed E-state index contributed by atoms with van der Waals surface area (Å²) in [5.74, 6) is -0.585. The Labute approximate surface area is 84.1 Å². The molecular formula is C9H9BrFNO. The topological polar surface area (TPSA) is 43.1 Å². The second kappa shape index (κ2) is 3.98. The van der Waals surface area contributed by atoms with Crippen LogP contribution in [-0.4, -0.2) is 5.78 Å². The largest absolute Gasteiger partial charge is 0.318 e. The van der Waals surface area contributed by atoms with E-state index in [1.54, 1.807) is 6.07 Å². The lowest BCUT2D eigenvalue weighted by Crippen LogP contribution is -2.18. The lowest BCUT2D eigenvalue weighted by molar-refractivity contribution is -0.118. The van der Waals surface area contributed by atoms with E-state index in [0.717, 1.165) is 0 Å². The first kappa shape index (κ1) is 10.3. The molecule has 1 unspecified atom stereocenters. The van der Waals surface area contributed by atoms with Crippen molar-refractivity contribution in [1.82, 2.24) is 0 Å². The highest BCUT2D eigenvalue weighted by Gasteiger charge is 2.12. The molecule has 2 N–H and O–H groups in total. The van der Waals surface area contributed by atoms with Gasteiger partial charge in [0.05, 0.1) is 6.04 Å². The normalized spacial score (nSPS) is 12.6. The van der Waals surface area contributed by atoms with Crippen LogP contribution in [0.5, 0.6) is 0 Å². The van der Waals surface area contributed by atoms with E-state index in [2.05, 4.69) is 15.9 Å². The second-order valence-electron chi connectivity index (χ2n) is 2.79. The number of Topliss-reactive ketones (excluding diaryl/α,β-unsaturated/α-hetero) is 1. The Morgan fingerprint density at radius 1 is 1.54 bits per heavy atom. The Kier molecular flexibility index (Phi) is 3.17. The molecular weight excluding hydrogens is 237 g/mol. The van der Waals surface area contributed by atoms with Crippen LogP contribution >= 0.6 is 15.9 Å². The third kappa shape index (κ3) is 2.60. The molecule has 70 valence electrons. The first-order valence-electron chi connectivity index (χ1n) is 3.72. The molecule has 1 aromatic carbocycles. The zero-order valence-electron chi connectivity index (χ0n) is 7.05. The van der Waals surface area contributed by atoms with E-state index >= 15 is 0 Å². The average Bonchev–Trinajstić information content (AvgIpc) is 2.01. The smallest absolute Gasteiger partial charge is 0.150 e. The fourth-order valence-electron chi connectivity index (χ4n) is 0.989. The molecule has 1 rings (SSSR count). The van der Waals surface area contributed by atoms with E-state index in [9.17, 15) is 9.18 Å². The summed E-state index contributed by atoms with van der Waals surface area (Å²) < 4.78 is 13.4. The molecule has 0 aromatic heterocycles. The van der Waals surface area contributed by atoms with Crippen molar-refractivity contribution in [1.29, 1.82) is 0 Å². The number of carbonyl (C=O) groups excluding carboxylic acids is 1. The lowest BCUT2D eigenvalue weighted by Gasteiger charge is -2.08. The number of ketones is 1. The molecule has 13 heavy (non-hydrogen) atoms. The van der Waals surface area contributed by atoms with Crippen molar-refractivity contribution < 1.29 is 9.18 Å². The summed E-state index contributed by atoms with van der Waals surface area (Å²) in [6.45, 7) is 1.38. The quantitative estimate of drug-likeness (QED) is 0.868. The first-order chi connectivity index (χ1) is 6.00. The zero-order valence-corrected chi connectivity index (χ0v) is 8.64. The van der Waals surface area contributed by atoms with Crippen molar-refractivity contribution in [3.05, 3.63) is 34.1 Å². The average molecular weight is 246 g/mol. The van der Waals surface area contributed by atoms with Crippen LogP contribution in [0, 0.1) is 5.82 Å². The molecule has 2 nitrogen and oxygen atoms in total. The number of carbonyl (C=O) groups is 1. The van der Waals surface area contributed by atoms with Crippen molar-refractivity contribution in [2.24, 2.45) is 5.73 Å². The zero-order chi connectivity index (χ0) is 10.0. The van der Waals surface area contributed by atoms with Gasteiger partial charge in [0.25, 0.3) is 0 Å². The van der Waals surface area contributed by atoms with Gasteiger partial charge in [0.2, 0.25) is 0 Å². The maximum Gasteiger partial charge on any atom is 0.150 e. The minimum Gasteiger partial charge on any atom is -0.318 e. The van der Waals surface area contributed by atoms with Gasteiger partial charge in [-0.05, 0) is 30.7 Å². The molecule has 1 atom stereocenters. The molecule has 0 spiro atoms. The van der Waals surface area contributed by atoms with E-state index in [1.807, 2.05) is 0 Å². The van der Waals surface area contributed by atoms with Gasteiger partial charge in [0, 0.05) is 4.47 Å². The van der Waals surface area contributed by atoms with E-state index in [-0.39, 0.29) is 5.78 Å². The van der Waals surface area contributed by atoms with Gasteiger partial charge in [0.15, 0.2) is 5.78 Å². The molecule has 0 heterocycles. The van der Waals surface area contributed by atoms with Crippen molar-refractivity contribution in [2.75, 3.05) is 0 Å². The molecule has 0 radical (unpaired) electrons. The molecule has 0 saturated carbocycles. The SMILES string of the molecule is CC(=O)C(N)c1cc(F)cc(Br)c1. The number of halogens is 2. The number of rotatable bonds is 2. The maximum absolute atomic E-state index is 12.9. The Hall–Kier alpha value is -0.740. The van der Waals surface area contributed by atoms with Gasteiger partial charge >= 0.3 is 0 Å². The number of benzene rings is 1. The highest BCUT2D eigenvalue weighted by Crippen LogP contribution is 2.19.